The Bertz CT molecular complexity index is 388. The molecule has 0 aromatic carbocycles. The summed E-state index contributed by atoms with van der Waals surface area (Å²) in [6, 6.07) is 0. The van der Waals surface area contributed by atoms with Crippen LogP contribution in [-0.4, -0.2) is 29.2 Å². The second kappa shape index (κ2) is 5.00. The molecule has 0 saturated carbocycles. The predicted molar refractivity (Wildman–Crippen MR) is 65.2 cm³/mol. The summed E-state index contributed by atoms with van der Waals surface area (Å²) in [5.74, 6) is 0.836. The van der Waals surface area contributed by atoms with Gasteiger partial charge in [-0.3, -0.25) is 0 Å². The van der Waals surface area contributed by atoms with Crippen LogP contribution in [0.15, 0.2) is 6.33 Å². The summed E-state index contributed by atoms with van der Waals surface area (Å²) < 4.78 is 6.04. The normalized spacial score (nSPS) is 24.1. The van der Waals surface area contributed by atoms with Crippen molar-refractivity contribution in [3.63, 3.8) is 0 Å². The first-order valence-corrected chi connectivity index (χ1v) is 6.63. The summed E-state index contributed by atoms with van der Waals surface area (Å²) in [6.07, 6.45) is 8.89. The van der Waals surface area contributed by atoms with E-state index < -0.39 is 0 Å². The first kappa shape index (κ1) is 11.0. The molecule has 17 heavy (non-hydrogen) atoms. The number of fused-ring (bicyclic) bond motifs is 1. The molecule has 0 unspecified atom stereocenters. The van der Waals surface area contributed by atoms with Crippen molar-refractivity contribution in [1.82, 2.24) is 15.3 Å². The van der Waals surface area contributed by atoms with Gasteiger partial charge in [-0.2, -0.15) is 0 Å². The van der Waals surface area contributed by atoms with E-state index in [1.807, 2.05) is 0 Å². The van der Waals surface area contributed by atoms with Crippen molar-refractivity contribution < 1.29 is 4.74 Å². The average Bonchev–Trinajstić information content (AvgIpc) is 2.40. The van der Waals surface area contributed by atoms with Crippen molar-refractivity contribution in [2.24, 2.45) is 0 Å². The molecule has 0 radical (unpaired) electrons. The topological polar surface area (TPSA) is 47.0 Å². The number of hydrogen-bond acceptors (Lipinski definition) is 4. The molecule has 3 rings (SSSR count). The molecular formula is C13H19N3O. The standard InChI is InChI=1S/C13H19N3O/c1-2-6-12-11(5-1)13(16-9-15-12)17-10-4-3-7-14-8-10/h9-10,14H,1-8H2/t10-/m0/s1. The van der Waals surface area contributed by atoms with E-state index in [0.29, 0.717) is 0 Å². The lowest BCUT2D eigenvalue weighted by molar-refractivity contribution is 0.158. The Balaban J connectivity index is 1.77. The Labute approximate surface area is 102 Å². The third kappa shape index (κ3) is 2.41. The van der Waals surface area contributed by atoms with E-state index in [9.17, 15) is 0 Å². The summed E-state index contributed by atoms with van der Waals surface area (Å²) in [5, 5.41) is 3.37. The highest BCUT2D eigenvalue weighted by atomic mass is 16.5. The molecule has 92 valence electrons. The molecule has 1 N–H and O–H groups in total. The predicted octanol–water partition coefficient (Wildman–Crippen LogP) is 1.49. The monoisotopic (exact) mass is 233 g/mol. The van der Waals surface area contributed by atoms with Gasteiger partial charge < -0.3 is 10.1 Å². The Morgan fingerprint density at radius 1 is 1.18 bits per heavy atom. The quantitative estimate of drug-likeness (QED) is 0.840. The third-order valence-electron chi connectivity index (χ3n) is 3.62. The van der Waals surface area contributed by atoms with Gasteiger partial charge in [-0.1, -0.05) is 0 Å². The summed E-state index contributed by atoms with van der Waals surface area (Å²) in [5.41, 5.74) is 2.45. The molecule has 2 aliphatic rings. The van der Waals surface area contributed by atoms with Gasteiger partial charge in [0.15, 0.2) is 0 Å². The molecule has 1 aromatic heterocycles. The maximum absolute atomic E-state index is 6.04. The Hall–Kier alpha value is -1.16. The minimum absolute atomic E-state index is 0.282. The number of hydrogen-bond donors (Lipinski definition) is 1. The molecule has 1 atom stereocenters. The van der Waals surface area contributed by atoms with Gasteiger partial charge in [-0.15, -0.1) is 0 Å². The molecule has 1 aliphatic carbocycles. The van der Waals surface area contributed by atoms with E-state index in [1.54, 1.807) is 6.33 Å². The van der Waals surface area contributed by atoms with Crippen LogP contribution in [0.3, 0.4) is 0 Å². The van der Waals surface area contributed by atoms with Gasteiger partial charge in [-0.25, -0.2) is 9.97 Å². The van der Waals surface area contributed by atoms with E-state index in [1.165, 1.54) is 30.5 Å². The highest BCUT2D eigenvalue weighted by Gasteiger charge is 2.20. The number of nitrogens with zero attached hydrogens (tertiary/aromatic N) is 2. The molecule has 0 spiro atoms. The van der Waals surface area contributed by atoms with Crippen molar-refractivity contribution in [1.29, 1.82) is 0 Å². The Kier molecular flexibility index (Phi) is 3.22. The summed E-state index contributed by atoms with van der Waals surface area (Å²) in [7, 11) is 0. The highest BCUT2D eigenvalue weighted by molar-refractivity contribution is 5.31. The van der Waals surface area contributed by atoms with Crippen LogP contribution in [0.1, 0.15) is 36.9 Å². The minimum Gasteiger partial charge on any atom is -0.473 e. The molecule has 2 heterocycles. The van der Waals surface area contributed by atoms with Gasteiger partial charge >= 0.3 is 0 Å². The van der Waals surface area contributed by atoms with Gasteiger partial charge in [0, 0.05) is 12.1 Å². The average molecular weight is 233 g/mol. The van der Waals surface area contributed by atoms with Crippen molar-refractivity contribution in [3.05, 3.63) is 17.6 Å². The fourth-order valence-corrected chi connectivity index (χ4v) is 2.67. The highest BCUT2D eigenvalue weighted by Crippen LogP contribution is 2.27. The molecule has 4 heteroatoms. The lowest BCUT2D eigenvalue weighted by Crippen LogP contribution is -2.37. The van der Waals surface area contributed by atoms with E-state index >= 15 is 0 Å². The summed E-state index contributed by atoms with van der Waals surface area (Å²) in [4.78, 5) is 8.69. The maximum atomic E-state index is 6.04. The Morgan fingerprint density at radius 3 is 3.00 bits per heavy atom. The van der Waals surface area contributed by atoms with E-state index in [4.69, 9.17) is 4.74 Å². The fourth-order valence-electron chi connectivity index (χ4n) is 2.67. The van der Waals surface area contributed by atoms with Crippen LogP contribution in [0.25, 0.3) is 0 Å². The van der Waals surface area contributed by atoms with Crippen molar-refractivity contribution in [2.45, 2.75) is 44.6 Å². The number of ether oxygens (including phenoxy) is 1. The fraction of sp³-hybridized carbons (Fsp3) is 0.692. The van der Waals surface area contributed by atoms with Crippen molar-refractivity contribution >= 4 is 0 Å². The second-order valence-corrected chi connectivity index (χ2v) is 4.90. The first-order chi connectivity index (χ1) is 8.43. The van der Waals surface area contributed by atoms with Crippen LogP contribution in [-0.2, 0) is 12.8 Å². The lowest BCUT2D eigenvalue weighted by Gasteiger charge is -2.25. The van der Waals surface area contributed by atoms with Crippen LogP contribution < -0.4 is 10.1 Å². The molecular weight excluding hydrogens is 214 g/mol. The second-order valence-electron chi connectivity index (χ2n) is 4.90. The molecule has 1 aromatic rings. The zero-order valence-corrected chi connectivity index (χ0v) is 10.1. The van der Waals surface area contributed by atoms with Crippen molar-refractivity contribution in [3.8, 4) is 5.88 Å². The summed E-state index contributed by atoms with van der Waals surface area (Å²) >= 11 is 0. The Morgan fingerprint density at radius 2 is 2.12 bits per heavy atom. The zero-order chi connectivity index (χ0) is 11.5. The molecule has 1 aliphatic heterocycles. The molecule has 1 saturated heterocycles. The van der Waals surface area contributed by atoms with Crippen LogP contribution in [0.4, 0.5) is 0 Å². The van der Waals surface area contributed by atoms with Gasteiger partial charge in [0.25, 0.3) is 0 Å². The molecule has 0 amide bonds. The third-order valence-corrected chi connectivity index (χ3v) is 3.62. The van der Waals surface area contributed by atoms with Crippen LogP contribution in [0.5, 0.6) is 5.88 Å². The zero-order valence-electron chi connectivity index (χ0n) is 10.1. The molecule has 4 nitrogen and oxygen atoms in total. The molecule has 0 bridgehead atoms. The van der Waals surface area contributed by atoms with E-state index in [0.717, 1.165) is 38.2 Å². The smallest absolute Gasteiger partial charge is 0.220 e. The number of piperidine rings is 1. The minimum atomic E-state index is 0.282. The number of rotatable bonds is 2. The first-order valence-electron chi connectivity index (χ1n) is 6.63. The van der Waals surface area contributed by atoms with Crippen molar-refractivity contribution in [2.75, 3.05) is 13.1 Å². The number of nitrogens with one attached hydrogen (secondary N) is 1. The summed E-state index contributed by atoms with van der Waals surface area (Å²) in [6.45, 7) is 2.06. The van der Waals surface area contributed by atoms with Crippen LogP contribution in [0, 0.1) is 0 Å². The van der Waals surface area contributed by atoms with E-state index in [-0.39, 0.29) is 6.10 Å². The van der Waals surface area contributed by atoms with Gasteiger partial charge in [0.05, 0.1) is 5.69 Å². The molecule has 1 fully saturated rings. The van der Waals surface area contributed by atoms with Crippen LogP contribution >= 0.6 is 0 Å². The van der Waals surface area contributed by atoms with Gasteiger partial charge in [0.1, 0.15) is 12.4 Å². The maximum Gasteiger partial charge on any atom is 0.220 e. The number of aromatic nitrogens is 2. The van der Waals surface area contributed by atoms with Crippen LogP contribution in [0.2, 0.25) is 0 Å². The SMILES string of the molecule is c1nc2c(c(O[C@H]3CCCNC3)n1)CCCC2. The van der Waals surface area contributed by atoms with Gasteiger partial charge in [0.2, 0.25) is 5.88 Å². The van der Waals surface area contributed by atoms with E-state index in [2.05, 4.69) is 15.3 Å². The van der Waals surface area contributed by atoms with Gasteiger partial charge in [-0.05, 0) is 45.1 Å². The lowest BCUT2D eigenvalue weighted by atomic mass is 9.97. The largest absolute Gasteiger partial charge is 0.473 e. The number of aryl methyl sites for hydroxylation is 1.